The lowest BCUT2D eigenvalue weighted by Crippen LogP contribution is -2.16. The molecular weight excluding hydrogens is 619 g/mol. The number of benzene rings is 6. The Balaban J connectivity index is 1.15. The average molecular weight is 650 g/mol. The standard InChI is InChI=1S/C43H31N5S/c44-41(33-24-22-31(23-25-33)30-13-5-1-6-14-30)48-42(34-17-9-3-10-18-34)45-28-29-21-26-36-37(27-29)49-40-38(32-15-7-2-8-16-32)46-43(47-39(36)40)35-19-11-4-12-20-35/h1-27H,28H2,(H2,44,45,48). The summed E-state index contributed by atoms with van der Waals surface area (Å²) >= 11 is 1.72. The first-order valence-electron chi connectivity index (χ1n) is 16.1. The molecule has 2 N–H and O–H groups in total. The molecule has 0 saturated heterocycles. The van der Waals surface area contributed by atoms with Crippen LogP contribution < -0.4 is 5.73 Å². The summed E-state index contributed by atoms with van der Waals surface area (Å²) in [7, 11) is 0. The van der Waals surface area contributed by atoms with Crippen molar-refractivity contribution >= 4 is 43.3 Å². The largest absolute Gasteiger partial charge is 0.383 e. The van der Waals surface area contributed by atoms with Crippen molar-refractivity contribution in [3.05, 3.63) is 180 Å². The monoisotopic (exact) mass is 649 g/mol. The third-order valence-corrected chi connectivity index (χ3v) is 9.56. The van der Waals surface area contributed by atoms with Crippen LogP contribution in [0.3, 0.4) is 0 Å². The predicted molar refractivity (Wildman–Crippen MR) is 205 cm³/mol. The van der Waals surface area contributed by atoms with E-state index in [2.05, 4.69) is 66.7 Å². The van der Waals surface area contributed by atoms with Crippen LogP contribution in [-0.4, -0.2) is 21.6 Å². The highest BCUT2D eigenvalue weighted by Crippen LogP contribution is 2.39. The first-order chi connectivity index (χ1) is 24.2. The van der Waals surface area contributed by atoms with Crippen LogP contribution in [0.2, 0.25) is 0 Å². The molecule has 5 nitrogen and oxygen atoms in total. The molecule has 0 bridgehead atoms. The summed E-state index contributed by atoms with van der Waals surface area (Å²) in [6.45, 7) is 0.449. The zero-order chi connectivity index (χ0) is 33.0. The summed E-state index contributed by atoms with van der Waals surface area (Å²) in [4.78, 5) is 20.0. The molecule has 8 rings (SSSR count). The minimum absolute atomic E-state index is 0.420. The lowest BCUT2D eigenvalue weighted by molar-refractivity contribution is 1.07. The normalized spacial score (nSPS) is 12.1. The number of nitrogens with zero attached hydrogens (tertiary/aromatic N) is 4. The smallest absolute Gasteiger partial charge is 0.160 e. The van der Waals surface area contributed by atoms with Crippen LogP contribution in [0.1, 0.15) is 16.7 Å². The Morgan fingerprint density at radius 3 is 1.84 bits per heavy atom. The van der Waals surface area contributed by atoms with Gasteiger partial charge in [0.2, 0.25) is 0 Å². The van der Waals surface area contributed by atoms with Crippen molar-refractivity contribution in [2.75, 3.05) is 0 Å². The van der Waals surface area contributed by atoms with Gasteiger partial charge in [0.1, 0.15) is 5.84 Å². The van der Waals surface area contributed by atoms with Crippen LogP contribution in [0.25, 0.3) is 54.1 Å². The van der Waals surface area contributed by atoms with Crippen LogP contribution in [0, 0.1) is 0 Å². The number of aliphatic imine (C=N–C) groups is 2. The lowest BCUT2D eigenvalue weighted by Gasteiger charge is -2.07. The van der Waals surface area contributed by atoms with Crippen molar-refractivity contribution in [2.45, 2.75) is 6.54 Å². The van der Waals surface area contributed by atoms with E-state index < -0.39 is 0 Å². The molecule has 0 amide bonds. The molecule has 6 heteroatoms. The summed E-state index contributed by atoms with van der Waals surface area (Å²) in [5.41, 5.74) is 15.7. The van der Waals surface area contributed by atoms with Crippen LogP contribution in [0.15, 0.2) is 174 Å². The van der Waals surface area contributed by atoms with E-state index in [-0.39, 0.29) is 0 Å². The summed E-state index contributed by atoms with van der Waals surface area (Å²) < 4.78 is 2.21. The SMILES string of the molecule is NC(=NC(=NCc1ccc2c(c1)sc1c(-c3ccccc3)nc(-c3ccccc3)nc12)c1ccccc1)c1ccc(-c2ccccc2)cc1. The maximum absolute atomic E-state index is 6.58. The maximum atomic E-state index is 6.58. The number of fused-ring (bicyclic) bond motifs is 3. The van der Waals surface area contributed by atoms with Crippen molar-refractivity contribution in [2.24, 2.45) is 15.7 Å². The van der Waals surface area contributed by atoms with Gasteiger partial charge in [0.25, 0.3) is 0 Å². The molecule has 0 fully saturated rings. The van der Waals surface area contributed by atoms with Crippen LogP contribution in [-0.2, 0) is 6.54 Å². The van der Waals surface area contributed by atoms with Crippen molar-refractivity contribution in [1.29, 1.82) is 0 Å². The summed E-state index contributed by atoms with van der Waals surface area (Å²) in [6.07, 6.45) is 0. The zero-order valence-corrected chi connectivity index (χ0v) is 27.4. The van der Waals surface area contributed by atoms with Gasteiger partial charge in [-0.2, -0.15) is 0 Å². The molecule has 0 atom stereocenters. The molecule has 49 heavy (non-hydrogen) atoms. The molecule has 0 radical (unpaired) electrons. The Kier molecular flexibility index (Phi) is 8.28. The van der Waals surface area contributed by atoms with E-state index >= 15 is 0 Å². The van der Waals surface area contributed by atoms with Crippen molar-refractivity contribution in [1.82, 2.24) is 9.97 Å². The van der Waals surface area contributed by atoms with Gasteiger partial charge in [-0.3, -0.25) is 4.99 Å². The second kappa shape index (κ2) is 13.5. The quantitative estimate of drug-likeness (QED) is 0.138. The van der Waals surface area contributed by atoms with Gasteiger partial charge in [0.05, 0.1) is 22.5 Å². The fourth-order valence-corrected chi connectivity index (χ4v) is 7.10. The molecule has 2 heterocycles. The molecule has 0 aliphatic heterocycles. The fourth-order valence-electron chi connectivity index (χ4n) is 5.88. The summed E-state index contributed by atoms with van der Waals surface area (Å²) in [6, 6.07) is 55.4. The Hall–Kier alpha value is -6.24. The van der Waals surface area contributed by atoms with Gasteiger partial charge in [-0.15, -0.1) is 11.3 Å². The zero-order valence-electron chi connectivity index (χ0n) is 26.6. The number of nitrogens with two attached hydrogens (primary N) is 1. The first-order valence-corrected chi connectivity index (χ1v) is 17.0. The van der Waals surface area contributed by atoms with Gasteiger partial charge in [0, 0.05) is 32.3 Å². The molecule has 0 spiro atoms. The van der Waals surface area contributed by atoms with E-state index in [0.717, 1.165) is 70.8 Å². The molecular formula is C43H31N5S. The highest BCUT2D eigenvalue weighted by Gasteiger charge is 2.17. The van der Waals surface area contributed by atoms with Gasteiger partial charge >= 0.3 is 0 Å². The van der Waals surface area contributed by atoms with Crippen molar-refractivity contribution in [3.63, 3.8) is 0 Å². The molecule has 8 aromatic rings. The van der Waals surface area contributed by atoms with Gasteiger partial charge in [0.15, 0.2) is 11.7 Å². The fraction of sp³-hybridized carbons (Fsp3) is 0.0233. The average Bonchev–Trinajstić information content (AvgIpc) is 3.55. The second-order valence-electron chi connectivity index (χ2n) is 11.7. The van der Waals surface area contributed by atoms with E-state index in [9.17, 15) is 0 Å². The van der Waals surface area contributed by atoms with E-state index in [0.29, 0.717) is 18.2 Å². The maximum Gasteiger partial charge on any atom is 0.160 e. The highest BCUT2D eigenvalue weighted by molar-refractivity contribution is 7.26. The van der Waals surface area contributed by atoms with E-state index in [1.807, 2.05) is 97.1 Å². The number of amidine groups is 2. The predicted octanol–water partition coefficient (Wildman–Crippen LogP) is 10.2. The third kappa shape index (κ3) is 6.38. The minimum atomic E-state index is 0.420. The van der Waals surface area contributed by atoms with Gasteiger partial charge in [-0.1, -0.05) is 158 Å². The van der Waals surface area contributed by atoms with Gasteiger partial charge in [-0.25, -0.2) is 15.0 Å². The summed E-state index contributed by atoms with van der Waals surface area (Å²) in [5, 5.41) is 1.11. The number of aromatic nitrogens is 2. The Labute approximate surface area is 288 Å². The second-order valence-corrected chi connectivity index (χ2v) is 12.7. The van der Waals surface area contributed by atoms with Crippen molar-refractivity contribution < 1.29 is 0 Å². The molecule has 6 aromatic carbocycles. The molecule has 0 aliphatic carbocycles. The number of rotatable bonds is 7. The molecule has 0 aliphatic rings. The van der Waals surface area contributed by atoms with E-state index in [1.54, 1.807) is 11.3 Å². The molecule has 0 saturated carbocycles. The van der Waals surface area contributed by atoms with Crippen LogP contribution >= 0.6 is 11.3 Å². The minimum Gasteiger partial charge on any atom is -0.383 e. The summed E-state index contributed by atoms with van der Waals surface area (Å²) in [5.74, 6) is 1.73. The number of thiophene rings is 1. The Morgan fingerprint density at radius 1 is 0.571 bits per heavy atom. The first kappa shape index (κ1) is 30.1. The Morgan fingerprint density at radius 2 is 1.16 bits per heavy atom. The van der Waals surface area contributed by atoms with Crippen molar-refractivity contribution in [3.8, 4) is 33.8 Å². The third-order valence-electron chi connectivity index (χ3n) is 8.42. The van der Waals surface area contributed by atoms with Crippen LogP contribution in [0.4, 0.5) is 0 Å². The lowest BCUT2D eigenvalue weighted by atomic mass is 10.0. The van der Waals surface area contributed by atoms with E-state index in [1.165, 1.54) is 0 Å². The highest BCUT2D eigenvalue weighted by atomic mass is 32.1. The molecule has 234 valence electrons. The Bertz CT molecular complexity index is 2440. The molecule has 0 unspecified atom stereocenters. The van der Waals surface area contributed by atoms with Crippen LogP contribution in [0.5, 0.6) is 0 Å². The number of hydrogen-bond donors (Lipinski definition) is 1. The van der Waals surface area contributed by atoms with E-state index in [4.69, 9.17) is 25.7 Å². The van der Waals surface area contributed by atoms with Gasteiger partial charge < -0.3 is 5.73 Å². The van der Waals surface area contributed by atoms with Gasteiger partial charge in [-0.05, 0) is 22.8 Å². The topological polar surface area (TPSA) is 76.5 Å². The molecule has 2 aromatic heterocycles. The number of hydrogen-bond acceptors (Lipinski definition) is 4.